The third kappa shape index (κ3) is 12.8. The molecular formula is C19H34O10. The maximum absolute atomic E-state index is 11.4. The SMILES string of the molecule is COC(=O)C(O)[C@H](C)C(=O)OC(C)(C)C.C[C@H](C(=O)OC(C)(C)C)C(O)C(=O)O. The Kier molecular flexibility index (Phi) is 11.7. The quantitative estimate of drug-likeness (QED) is 0.415. The van der Waals surface area contributed by atoms with Gasteiger partial charge in [0.25, 0.3) is 0 Å². The molecule has 0 amide bonds. The van der Waals surface area contributed by atoms with Gasteiger partial charge in [-0.15, -0.1) is 0 Å². The number of esters is 3. The number of carbonyl (C=O) groups excluding carboxylic acids is 3. The first-order valence-corrected chi connectivity index (χ1v) is 8.96. The third-order valence-corrected chi connectivity index (χ3v) is 3.20. The van der Waals surface area contributed by atoms with Gasteiger partial charge >= 0.3 is 23.9 Å². The van der Waals surface area contributed by atoms with E-state index in [2.05, 4.69) is 4.74 Å². The molecule has 0 aromatic heterocycles. The van der Waals surface area contributed by atoms with Crippen LogP contribution in [0, 0.1) is 11.8 Å². The molecule has 0 radical (unpaired) electrons. The molecule has 29 heavy (non-hydrogen) atoms. The summed E-state index contributed by atoms with van der Waals surface area (Å²) in [5, 5.41) is 26.9. The zero-order valence-electron chi connectivity index (χ0n) is 18.5. The summed E-state index contributed by atoms with van der Waals surface area (Å²) in [6.45, 7) is 12.9. The Hall–Kier alpha value is -2.20. The molecule has 10 nitrogen and oxygen atoms in total. The first-order valence-electron chi connectivity index (χ1n) is 8.96. The minimum atomic E-state index is -1.72. The van der Waals surface area contributed by atoms with Crippen molar-refractivity contribution in [2.75, 3.05) is 7.11 Å². The molecule has 0 aromatic rings. The number of ether oxygens (including phenoxy) is 3. The summed E-state index contributed by atoms with van der Waals surface area (Å²) in [4.78, 5) is 44.0. The van der Waals surface area contributed by atoms with E-state index < -0.39 is 59.1 Å². The highest BCUT2D eigenvalue weighted by Gasteiger charge is 2.32. The van der Waals surface area contributed by atoms with Gasteiger partial charge in [-0.05, 0) is 55.4 Å². The number of aliphatic hydroxyl groups is 2. The lowest BCUT2D eigenvalue weighted by Gasteiger charge is -2.23. The Balaban J connectivity index is 0. The van der Waals surface area contributed by atoms with E-state index in [-0.39, 0.29) is 0 Å². The van der Waals surface area contributed by atoms with Crippen LogP contribution < -0.4 is 0 Å². The average Bonchev–Trinajstić information content (AvgIpc) is 2.55. The van der Waals surface area contributed by atoms with Crippen molar-refractivity contribution < 1.29 is 48.7 Å². The van der Waals surface area contributed by atoms with Crippen molar-refractivity contribution in [2.24, 2.45) is 11.8 Å². The highest BCUT2D eigenvalue weighted by molar-refractivity contribution is 5.83. The summed E-state index contributed by atoms with van der Waals surface area (Å²) in [5.74, 6) is -5.60. The largest absolute Gasteiger partial charge is 0.479 e. The Morgan fingerprint density at radius 1 is 0.690 bits per heavy atom. The second-order valence-electron chi connectivity index (χ2n) is 8.40. The topological polar surface area (TPSA) is 157 Å². The van der Waals surface area contributed by atoms with E-state index in [4.69, 9.17) is 19.7 Å². The monoisotopic (exact) mass is 422 g/mol. The first kappa shape index (κ1) is 29.0. The van der Waals surface area contributed by atoms with Gasteiger partial charge in [0.2, 0.25) is 0 Å². The first-order chi connectivity index (χ1) is 12.8. The molecule has 0 aliphatic carbocycles. The van der Waals surface area contributed by atoms with Crippen LogP contribution in [0.2, 0.25) is 0 Å². The van der Waals surface area contributed by atoms with Crippen molar-refractivity contribution in [2.45, 2.75) is 78.8 Å². The van der Waals surface area contributed by atoms with Gasteiger partial charge in [-0.3, -0.25) is 9.59 Å². The summed E-state index contributed by atoms with van der Waals surface area (Å²) in [6, 6.07) is 0. The van der Waals surface area contributed by atoms with Gasteiger partial charge in [0.05, 0.1) is 18.9 Å². The molecule has 0 aliphatic rings. The van der Waals surface area contributed by atoms with Gasteiger partial charge < -0.3 is 29.5 Å². The summed E-state index contributed by atoms with van der Waals surface area (Å²) < 4.78 is 14.2. The predicted octanol–water partition coefficient (Wildman–Crippen LogP) is 0.908. The lowest BCUT2D eigenvalue weighted by Crippen LogP contribution is -2.37. The van der Waals surface area contributed by atoms with E-state index >= 15 is 0 Å². The normalized spacial score (nSPS) is 15.6. The molecule has 0 aromatic carbocycles. The smallest absolute Gasteiger partial charge is 0.335 e. The van der Waals surface area contributed by atoms with Crippen molar-refractivity contribution in [1.29, 1.82) is 0 Å². The molecule has 2 unspecified atom stereocenters. The maximum Gasteiger partial charge on any atom is 0.335 e. The second kappa shape index (κ2) is 11.7. The molecule has 0 rings (SSSR count). The number of hydrogen-bond acceptors (Lipinski definition) is 9. The molecule has 0 bridgehead atoms. The fraction of sp³-hybridized carbons (Fsp3) is 0.789. The molecule has 0 fully saturated rings. The van der Waals surface area contributed by atoms with E-state index in [9.17, 15) is 24.3 Å². The lowest BCUT2D eigenvalue weighted by atomic mass is 10.0. The van der Waals surface area contributed by atoms with Crippen molar-refractivity contribution >= 4 is 23.9 Å². The van der Waals surface area contributed by atoms with E-state index in [1.807, 2.05) is 0 Å². The van der Waals surface area contributed by atoms with Crippen LogP contribution in [0.5, 0.6) is 0 Å². The Morgan fingerprint density at radius 2 is 1.00 bits per heavy atom. The van der Waals surface area contributed by atoms with Crippen LogP contribution in [-0.4, -0.2) is 69.7 Å². The minimum absolute atomic E-state index is 0.625. The fourth-order valence-electron chi connectivity index (χ4n) is 1.59. The zero-order valence-corrected chi connectivity index (χ0v) is 18.5. The molecule has 3 N–H and O–H groups in total. The average molecular weight is 422 g/mol. The number of rotatable bonds is 6. The highest BCUT2D eigenvalue weighted by Crippen LogP contribution is 2.15. The van der Waals surface area contributed by atoms with E-state index in [0.717, 1.165) is 7.11 Å². The van der Waals surface area contributed by atoms with Crippen LogP contribution in [0.4, 0.5) is 0 Å². The molecule has 0 saturated carbocycles. The number of hydrogen-bond donors (Lipinski definition) is 3. The van der Waals surface area contributed by atoms with Crippen LogP contribution >= 0.6 is 0 Å². The van der Waals surface area contributed by atoms with Crippen LogP contribution in [0.25, 0.3) is 0 Å². The highest BCUT2D eigenvalue weighted by atomic mass is 16.6. The lowest BCUT2D eigenvalue weighted by molar-refractivity contribution is -0.170. The number of methoxy groups -OCH3 is 1. The van der Waals surface area contributed by atoms with Gasteiger partial charge in [0, 0.05) is 0 Å². The van der Waals surface area contributed by atoms with Crippen LogP contribution in [0.1, 0.15) is 55.4 Å². The maximum atomic E-state index is 11.4. The standard InChI is InChI=1S/C10H18O5.C9H16O5/c1-6(7(11)9(13)14-5)8(12)15-10(2,3)4;1-5(6(10)7(11)12)8(13)14-9(2,3)4/h6-7,11H,1-5H3;5-6,10H,1-4H3,(H,11,12)/t6-,7?;5-,6?/m00/s1. The molecule has 4 atom stereocenters. The molecular weight excluding hydrogens is 388 g/mol. The molecule has 0 heterocycles. The molecule has 0 spiro atoms. The predicted molar refractivity (Wildman–Crippen MR) is 102 cm³/mol. The van der Waals surface area contributed by atoms with E-state index in [0.29, 0.717) is 0 Å². The van der Waals surface area contributed by atoms with Crippen LogP contribution in [0.15, 0.2) is 0 Å². The third-order valence-electron chi connectivity index (χ3n) is 3.20. The number of carboxylic acid groups (broad SMARTS) is 1. The fourth-order valence-corrected chi connectivity index (χ4v) is 1.59. The molecule has 170 valence electrons. The number of aliphatic carboxylic acids is 1. The van der Waals surface area contributed by atoms with Gasteiger partial charge in [0.15, 0.2) is 12.2 Å². The van der Waals surface area contributed by atoms with Crippen LogP contribution in [0.3, 0.4) is 0 Å². The Morgan fingerprint density at radius 3 is 1.24 bits per heavy atom. The van der Waals surface area contributed by atoms with Gasteiger partial charge in [0.1, 0.15) is 11.2 Å². The summed E-state index contributed by atoms with van der Waals surface area (Å²) in [5.41, 5.74) is -1.31. The number of carbonyl (C=O) groups is 4. The Bertz CT molecular complexity index is 571. The zero-order chi connectivity index (χ0) is 23.7. The van der Waals surface area contributed by atoms with Gasteiger partial charge in [-0.25, -0.2) is 9.59 Å². The Labute approximate surface area is 171 Å². The summed E-state index contributed by atoms with van der Waals surface area (Å²) >= 11 is 0. The minimum Gasteiger partial charge on any atom is -0.479 e. The van der Waals surface area contributed by atoms with E-state index in [1.54, 1.807) is 41.5 Å². The van der Waals surface area contributed by atoms with E-state index in [1.165, 1.54) is 13.8 Å². The van der Waals surface area contributed by atoms with Crippen molar-refractivity contribution in [3.63, 3.8) is 0 Å². The summed E-state index contributed by atoms with van der Waals surface area (Å²) in [7, 11) is 1.15. The van der Waals surface area contributed by atoms with Gasteiger partial charge in [-0.2, -0.15) is 0 Å². The molecule has 0 aliphatic heterocycles. The van der Waals surface area contributed by atoms with Crippen molar-refractivity contribution in [1.82, 2.24) is 0 Å². The summed E-state index contributed by atoms with van der Waals surface area (Å²) in [6.07, 6.45) is -3.20. The van der Waals surface area contributed by atoms with Crippen molar-refractivity contribution in [3.8, 4) is 0 Å². The number of carboxylic acids is 1. The number of aliphatic hydroxyl groups excluding tert-OH is 2. The van der Waals surface area contributed by atoms with Gasteiger partial charge in [-0.1, -0.05) is 0 Å². The molecule has 0 saturated heterocycles. The van der Waals surface area contributed by atoms with Crippen LogP contribution in [-0.2, 0) is 33.4 Å². The molecule has 10 heteroatoms. The second-order valence-corrected chi connectivity index (χ2v) is 8.40. The van der Waals surface area contributed by atoms with Crippen molar-refractivity contribution in [3.05, 3.63) is 0 Å².